The molecule has 1 aliphatic heterocycles. The maximum absolute atomic E-state index is 11.2. The van der Waals surface area contributed by atoms with E-state index in [-0.39, 0.29) is 11.8 Å². The molecule has 0 aromatic rings. The number of nitrogens with two attached hydrogens (primary N) is 1. The topological polar surface area (TPSA) is 58.4 Å². The van der Waals surface area contributed by atoms with E-state index in [1.807, 2.05) is 0 Å². The summed E-state index contributed by atoms with van der Waals surface area (Å²) < 4.78 is 0. The first-order chi connectivity index (χ1) is 9.19. The molecule has 2 aliphatic rings. The first-order valence-corrected chi connectivity index (χ1v) is 7.96. The van der Waals surface area contributed by atoms with Gasteiger partial charge in [-0.25, -0.2) is 0 Å². The Balaban J connectivity index is 1.72. The van der Waals surface area contributed by atoms with E-state index in [9.17, 15) is 4.79 Å². The molecule has 0 aromatic heterocycles. The molecule has 0 bridgehead atoms. The van der Waals surface area contributed by atoms with Gasteiger partial charge in [0.1, 0.15) is 0 Å². The molecule has 19 heavy (non-hydrogen) atoms. The van der Waals surface area contributed by atoms with Crippen LogP contribution in [-0.4, -0.2) is 42.5 Å². The molecule has 1 aliphatic carbocycles. The Labute approximate surface area is 117 Å². The van der Waals surface area contributed by atoms with Crippen LogP contribution in [0, 0.1) is 5.92 Å². The zero-order valence-electron chi connectivity index (χ0n) is 12.2. The van der Waals surface area contributed by atoms with Gasteiger partial charge in [-0.2, -0.15) is 0 Å². The first kappa shape index (κ1) is 14.8. The van der Waals surface area contributed by atoms with E-state index in [1.165, 1.54) is 38.9 Å². The number of carbonyl (C=O) groups excluding carboxylic acids is 1. The van der Waals surface area contributed by atoms with Crippen LogP contribution in [0.15, 0.2) is 0 Å². The second-order valence-corrected chi connectivity index (χ2v) is 6.18. The van der Waals surface area contributed by atoms with E-state index in [0.717, 1.165) is 25.7 Å². The summed E-state index contributed by atoms with van der Waals surface area (Å²) in [5.74, 6) is 0.0225. The van der Waals surface area contributed by atoms with Gasteiger partial charge in [-0.05, 0) is 64.6 Å². The molecule has 4 nitrogen and oxygen atoms in total. The number of primary amides is 1. The van der Waals surface area contributed by atoms with Crippen LogP contribution in [0.25, 0.3) is 0 Å². The number of rotatable bonds is 4. The second-order valence-electron chi connectivity index (χ2n) is 6.18. The number of carbonyl (C=O) groups is 1. The van der Waals surface area contributed by atoms with Gasteiger partial charge in [-0.3, -0.25) is 4.79 Å². The predicted octanol–water partition coefficient (Wildman–Crippen LogP) is 1.49. The molecule has 1 unspecified atom stereocenters. The summed E-state index contributed by atoms with van der Waals surface area (Å²) in [6, 6.07) is 1.28. The summed E-state index contributed by atoms with van der Waals surface area (Å²) in [4.78, 5) is 13.7. The van der Waals surface area contributed by atoms with Crippen molar-refractivity contribution in [1.82, 2.24) is 10.2 Å². The molecule has 1 saturated heterocycles. The Kier molecular flexibility index (Phi) is 5.64. The summed E-state index contributed by atoms with van der Waals surface area (Å²) >= 11 is 0. The van der Waals surface area contributed by atoms with Crippen molar-refractivity contribution in [2.24, 2.45) is 11.7 Å². The van der Waals surface area contributed by atoms with Gasteiger partial charge < -0.3 is 16.0 Å². The van der Waals surface area contributed by atoms with Crippen LogP contribution in [0.5, 0.6) is 0 Å². The van der Waals surface area contributed by atoms with Gasteiger partial charge in [0.2, 0.25) is 5.91 Å². The Hall–Kier alpha value is -0.610. The van der Waals surface area contributed by atoms with Crippen molar-refractivity contribution in [3.8, 4) is 0 Å². The zero-order valence-corrected chi connectivity index (χ0v) is 12.2. The van der Waals surface area contributed by atoms with Gasteiger partial charge in [-0.1, -0.05) is 6.92 Å². The van der Waals surface area contributed by atoms with Crippen LogP contribution < -0.4 is 11.1 Å². The lowest BCUT2D eigenvalue weighted by atomic mass is 9.85. The third-order valence-electron chi connectivity index (χ3n) is 4.87. The largest absolute Gasteiger partial charge is 0.369 e. The summed E-state index contributed by atoms with van der Waals surface area (Å²) in [5.41, 5.74) is 5.38. The molecule has 0 radical (unpaired) electrons. The minimum absolute atomic E-state index is 0.105. The van der Waals surface area contributed by atoms with Crippen LogP contribution in [0.2, 0.25) is 0 Å². The normalized spacial score (nSPS) is 33.8. The molecule has 0 aromatic carbocycles. The van der Waals surface area contributed by atoms with E-state index in [2.05, 4.69) is 17.1 Å². The van der Waals surface area contributed by atoms with Gasteiger partial charge in [0.25, 0.3) is 0 Å². The van der Waals surface area contributed by atoms with Crippen molar-refractivity contribution in [2.45, 2.75) is 64.0 Å². The predicted molar refractivity (Wildman–Crippen MR) is 77.8 cm³/mol. The van der Waals surface area contributed by atoms with Crippen molar-refractivity contribution >= 4 is 5.91 Å². The molecule has 0 spiro atoms. The lowest BCUT2D eigenvalue weighted by Crippen LogP contribution is -2.42. The average Bonchev–Trinajstić information content (AvgIpc) is 2.64. The lowest BCUT2D eigenvalue weighted by molar-refractivity contribution is -0.122. The Morgan fingerprint density at radius 1 is 1.11 bits per heavy atom. The average molecular weight is 267 g/mol. The number of likely N-dealkylation sites (tertiary alicyclic amines) is 1. The SMILES string of the molecule is CCN1CCCC(NC2CCC(C(N)=O)CC2)CC1. The monoisotopic (exact) mass is 267 g/mol. The third-order valence-corrected chi connectivity index (χ3v) is 4.87. The molecule has 2 fully saturated rings. The minimum Gasteiger partial charge on any atom is -0.369 e. The van der Waals surface area contributed by atoms with E-state index >= 15 is 0 Å². The highest BCUT2D eigenvalue weighted by atomic mass is 16.1. The third kappa shape index (κ3) is 4.46. The molecule has 1 saturated carbocycles. The van der Waals surface area contributed by atoms with Crippen molar-refractivity contribution in [1.29, 1.82) is 0 Å². The molecule has 4 heteroatoms. The standard InChI is InChI=1S/C15H29N3O/c1-2-18-10-3-4-13(9-11-18)17-14-7-5-12(6-8-14)15(16)19/h12-14,17H,2-11H2,1H3,(H2,16,19). The highest BCUT2D eigenvalue weighted by Crippen LogP contribution is 2.25. The summed E-state index contributed by atoms with van der Waals surface area (Å²) in [5, 5.41) is 3.82. The van der Waals surface area contributed by atoms with E-state index < -0.39 is 0 Å². The second kappa shape index (κ2) is 7.25. The van der Waals surface area contributed by atoms with Gasteiger partial charge >= 0.3 is 0 Å². The van der Waals surface area contributed by atoms with Crippen LogP contribution in [-0.2, 0) is 4.79 Å². The molecule has 110 valence electrons. The number of nitrogens with zero attached hydrogens (tertiary/aromatic N) is 1. The maximum atomic E-state index is 11.2. The van der Waals surface area contributed by atoms with Gasteiger partial charge in [0, 0.05) is 18.0 Å². The smallest absolute Gasteiger partial charge is 0.220 e. The van der Waals surface area contributed by atoms with Gasteiger partial charge in [-0.15, -0.1) is 0 Å². The highest BCUT2D eigenvalue weighted by Gasteiger charge is 2.26. The minimum atomic E-state index is -0.105. The van der Waals surface area contributed by atoms with Gasteiger partial charge in [0.05, 0.1) is 0 Å². The fourth-order valence-electron chi connectivity index (χ4n) is 3.52. The van der Waals surface area contributed by atoms with Crippen molar-refractivity contribution < 1.29 is 4.79 Å². The molecule has 2 rings (SSSR count). The van der Waals surface area contributed by atoms with Crippen molar-refractivity contribution in [3.63, 3.8) is 0 Å². The molecular weight excluding hydrogens is 238 g/mol. The maximum Gasteiger partial charge on any atom is 0.220 e. The molecule has 1 heterocycles. The van der Waals surface area contributed by atoms with Crippen LogP contribution in [0.3, 0.4) is 0 Å². The summed E-state index contributed by atoms with van der Waals surface area (Å²) in [7, 11) is 0. The zero-order chi connectivity index (χ0) is 13.7. The molecular formula is C15H29N3O. The first-order valence-electron chi connectivity index (χ1n) is 7.96. The molecule has 1 amide bonds. The number of hydrogen-bond acceptors (Lipinski definition) is 3. The fraction of sp³-hybridized carbons (Fsp3) is 0.933. The Morgan fingerprint density at radius 3 is 2.42 bits per heavy atom. The van der Waals surface area contributed by atoms with Crippen LogP contribution in [0.1, 0.15) is 51.9 Å². The Morgan fingerprint density at radius 2 is 1.79 bits per heavy atom. The fourth-order valence-corrected chi connectivity index (χ4v) is 3.52. The van der Waals surface area contributed by atoms with Crippen molar-refractivity contribution in [3.05, 3.63) is 0 Å². The number of nitrogens with one attached hydrogen (secondary N) is 1. The molecule has 3 N–H and O–H groups in total. The van der Waals surface area contributed by atoms with Gasteiger partial charge in [0.15, 0.2) is 0 Å². The number of hydrogen-bond donors (Lipinski definition) is 2. The van der Waals surface area contributed by atoms with Crippen LogP contribution in [0.4, 0.5) is 0 Å². The van der Waals surface area contributed by atoms with E-state index in [1.54, 1.807) is 0 Å². The Bertz CT molecular complexity index is 287. The van der Waals surface area contributed by atoms with E-state index in [4.69, 9.17) is 5.73 Å². The quantitative estimate of drug-likeness (QED) is 0.811. The van der Waals surface area contributed by atoms with Crippen molar-refractivity contribution in [2.75, 3.05) is 19.6 Å². The van der Waals surface area contributed by atoms with Crippen LogP contribution >= 0.6 is 0 Å². The highest BCUT2D eigenvalue weighted by molar-refractivity contribution is 5.76. The summed E-state index contributed by atoms with van der Waals surface area (Å²) in [6.07, 6.45) is 8.04. The summed E-state index contributed by atoms with van der Waals surface area (Å²) in [6.45, 7) is 5.91. The van der Waals surface area contributed by atoms with E-state index in [0.29, 0.717) is 12.1 Å². The molecule has 1 atom stereocenters. The lowest BCUT2D eigenvalue weighted by Gasteiger charge is -2.31. The number of amides is 1.